The highest BCUT2D eigenvalue weighted by Gasteiger charge is 2.30. The third-order valence-corrected chi connectivity index (χ3v) is 3.03. The Morgan fingerprint density at radius 3 is 2.78 bits per heavy atom. The summed E-state index contributed by atoms with van der Waals surface area (Å²) in [5.41, 5.74) is 1.24. The fraction of sp³-hybridized carbons (Fsp3) is 0.417. The average Bonchev–Trinajstić information content (AvgIpc) is 2.69. The Morgan fingerprint density at radius 2 is 2.22 bits per heavy atom. The topological polar surface area (TPSA) is 83.7 Å². The van der Waals surface area contributed by atoms with Crippen LogP contribution in [0.15, 0.2) is 18.2 Å². The molecule has 0 aromatic heterocycles. The van der Waals surface area contributed by atoms with Crippen molar-refractivity contribution in [3.8, 4) is 0 Å². The van der Waals surface area contributed by atoms with Crippen LogP contribution in [0.2, 0.25) is 0 Å². The number of nitro groups is 1. The zero-order valence-electron chi connectivity index (χ0n) is 10.00. The van der Waals surface area contributed by atoms with Crippen LogP contribution in [0.1, 0.15) is 12.0 Å². The molecule has 0 bridgehead atoms. The molecule has 1 aromatic carbocycles. The zero-order valence-corrected chi connectivity index (χ0v) is 10.00. The molecule has 1 saturated heterocycles. The van der Waals surface area contributed by atoms with Gasteiger partial charge in [0.2, 0.25) is 5.91 Å². The van der Waals surface area contributed by atoms with E-state index in [1.165, 1.54) is 17.0 Å². The van der Waals surface area contributed by atoms with Crippen molar-refractivity contribution in [3.63, 3.8) is 0 Å². The standard InChI is InChI=1S/C12H14N2O4/c1-8-2-10(5-11(3-8)14(17)18)13-6-9(7-15)4-12(13)16/h2-3,5,9,15H,4,6-7H2,1H3. The first-order valence-electron chi connectivity index (χ1n) is 5.68. The molecule has 1 fully saturated rings. The van der Waals surface area contributed by atoms with Crippen LogP contribution in [-0.2, 0) is 4.79 Å². The third kappa shape index (κ3) is 2.33. The Kier molecular flexibility index (Phi) is 3.29. The van der Waals surface area contributed by atoms with Crippen LogP contribution in [0, 0.1) is 23.0 Å². The van der Waals surface area contributed by atoms with Gasteiger partial charge in [-0.25, -0.2) is 0 Å². The molecule has 1 aromatic rings. The van der Waals surface area contributed by atoms with Gasteiger partial charge in [0.05, 0.1) is 10.6 Å². The van der Waals surface area contributed by atoms with E-state index in [4.69, 9.17) is 5.11 Å². The molecule has 6 nitrogen and oxygen atoms in total. The summed E-state index contributed by atoms with van der Waals surface area (Å²) in [6.07, 6.45) is 0.290. The van der Waals surface area contributed by atoms with Gasteiger partial charge in [0.1, 0.15) is 0 Å². The number of aliphatic hydroxyl groups is 1. The van der Waals surface area contributed by atoms with Crippen molar-refractivity contribution < 1.29 is 14.8 Å². The minimum Gasteiger partial charge on any atom is -0.396 e. The van der Waals surface area contributed by atoms with Crippen molar-refractivity contribution >= 4 is 17.3 Å². The molecule has 1 heterocycles. The van der Waals surface area contributed by atoms with Crippen LogP contribution < -0.4 is 4.90 Å². The molecule has 1 atom stereocenters. The molecule has 0 spiro atoms. The molecule has 0 aliphatic carbocycles. The summed E-state index contributed by atoms with van der Waals surface area (Å²) in [5.74, 6) is -0.189. The first-order chi connectivity index (χ1) is 8.51. The first kappa shape index (κ1) is 12.5. The lowest BCUT2D eigenvalue weighted by Gasteiger charge is -2.16. The Hall–Kier alpha value is -1.95. The summed E-state index contributed by atoms with van der Waals surface area (Å²) in [6, 6.07) is 4.60. The second-order valence-corrected chi connectivity index (χ2v) is 4.54. The molecule has 1 unspecified atom stereocenters. The maximum Gasteiger partial charge on any atom is 0.271 e. The second-order valence-electron chi connectivity index (χ2n) is 4.54. The predicted octanol–water partition coefficient (Wildman–Crippen LogP) is 1.25. The number of nitrogens with zero attached hydrogens (tertiary/aromatic N) is 2. The summed E-state index contributed by atoms with van der Waals surface area (Å²) in [7, 11) is 0. The van der Waals surface area contributed by atoms with Crippen LogP contribution >= 0.6 is 0 Å². The van der Waals surface area contributed by atoms with Gasteiger partial charge in [-0.3, -0.25) is 14.9 Å². The number of aliphatic hydroxyl groups excluding tert-OH is 1. The van der Waals surface area contributed by atoms with E-state index in [9.17, 15) is 14.9 Å². The minimum absolute atomic E-state index is 0.0229. The fourth-order valence-corrected chi connectivity index (χ4v) is 2.16. The molecule has 1 amide bonds. The van der Waals surface area contributed by atoms with Crippen LogP contribution in [0.3, 0.4) is 0 Å². The lowest BCUT2D eigenvalue weighted by atomic mass is 10.1. The van der Waals surface area contributed by atoms with E-state index in [2.05, 4.69) is 0 Å². The normalized spacial score (nSPS) is 19.3. The molecule has 96 valence electrons. The monoisotopic (exact) mass is 250 g/mol. The Labute approximate surface area is 104 Å². The number of anilines is 1. The van der Waals surface area contributed by atoms with Gasteiger partial charge in [-0.1, -0.05) is 0 Å². The summed E-state index contributed by atoms with van der Waals surface area (Å²) in [4.78, 5) is 23.6. The van der Waals surface area contributed by atoms with Gasteiger partial charge < -0.3 is 10.0 Å². The molecule has 1 N–H and O–H groups in total. The Balaban J connectivity index is 2.34. The molecule has 6 heteroatoms. The summed E-state index contributed by atoms with van der Waals surface area (Å²) < 4.78 is 0. The molecule has 0 saturated carbocycles. The van der Waals surface area contributed by atoms with E-state index in [0.717, 1.165) is 5.56 Å². The summed E-state index contributed by atoms with van der Waals surface area (Å²) in [5, 5.41) is 19.8. The smallest absolute Gasteiger partial charge is 0.271 e. The average molecular weight is 250 g/mol. The Bertz CT molecular complexity index is 501. The maximum atomic E-state index is 11.8. The van der Waals surface area contributed by atoms with Crippen LogP contribution in [0.25, 0.3) is 0 Å². The van der Waals surface area contributed by atoms with Gasteiger partial charge in [-0.05, 0) is 18.6 Å². The first-order valence-corrected chi connectivity index (χ1v) is 5.68. The highest BCUT2D eigenvalue weighted by Crippen LogP contribution is 2.29. The van der Waals surface area contributed by atoms with Crippen molar-refractivity contribution in [2.75, 3.05) is 18.1 Å². The summed E-state index contributed by atoms with van der Waals surface area (Å²) >= 11 is 0. The fourth-order valence-electron chi connectivity index (χ4n) is 2.16. The largest absolute Gasteiger partial charge is 0.396 e. The minimum atomic E-state index is -0.472. The van der Waals surface area contributed by atoms with Crippen molar-refractivity contribution in [2.45, 2.75) is 13.3 Å². The summed E-state index contributed by atoms with van der Waals surface area (Å²) in [6.45, 7) is 2.12. The van der Waals surface area contributed by atoms with Crippen molar-refractivity contribution in [2.24, 2.45) is 5.92 Å². The number of carbonyl (C=O) groups is 1. The number of amides is 1. The van der Waals surface area contributed by atoms with E-state index in [1.807, 2.05) is 0 Å². The number of carbonyl (C=O) groups excluding carboxylic acids is 1. The van der Waals surface area contributed by atoms with E-state index < -0.39 is 4.92 Å². The number of nitro benzene ring substituents is 1. The predicted molar refractivity (Wildman–Crippen MR) is 65.4 cm³/mol. The van der Waals surface area contributed by atoms with Gasteiger partial charge in [0, 0.05) is 37.6 Å². The number of aryl methyl sites for hydroxylation is 1. The number of hydrogen-bond donors (Lipinski definition) is 1. The quantitative estimate of drug-likeness (QED) is 0.646. The molecular formula is C12H14N2O4. The van der Waals surface area contributed by atoms with Gasteiger partial charge in [0.15, 0.2) is 0 Å². The number of hydrogen-bond acceptors (Lipinski definition) is 4. The van der Waals surface area contributed by atoms with Crippen LogP contribution in [0.5, 0.6) is 0 Å². The molecule has 18 heavy (non-hydrogen) atoms. The number of benzene rings is 1. The van der Waals surface area contributed by atoms with Gasteiger partial charge in [-0.15, -0.1) is 0 Å². The van der Waals surface area contributed by atoms with Gasteiger partial charge >= 0.3 is 0 Å². The van der Waals surface area contributed by atoms with E-state index in [1.54, 1.807) is 13.0 Å². The van der Waals surface area contributed by atoms with Gasteiger partial charge in [-0.2, -0.15) is 0 Å². The number of rotatable bonds is 3. The molecular weight excluding hydrogens is 236 g/mol. The van der Waals surface area contributed by atoms with Crippen molar-refractivity contribution in [1.29, 1.82) is 0 Å². The van der Waals surface area contributed by atoms with Crippen LogP contribution in [0.4, 0.5) is 11.4 Å². The maximum absolute atomic E-state index is 11.8. The SMILES string of the molecule is Cc1cc(N2CC(CO)CC2=O)cc([N+](=O)[O-])c1. The highest BCUT2D eigenvalue weighted by molar-refractivity contribution is 5.96. The van der Waals surface area contributed by atoms with E-state index >= 15 is 0 Å². The lowest BCUT2D eigenvalue weighted by molar-refractivity contribution is -0.384. The van der Waals surface area contributed by atoms with E-state index in [-0.39, 0.29) is 30.5 Å². The van der Waals surface area contributed by atoms with Crippen molar-refractivity contribution in [3.05, 3.63) is 33.9 Å². The molecule has 2 rings (SSSR count). The van der Waals surface area contributed by atoms with E-state index in [0.29, 0.717) is 12.2 Å². The second kappa shape index (κ2) is 4.73. The molecule has 1 aliphatic heterocycles. The molecule has 0 radical (unpaired) electrons. The zero-order chi connectivity index (χ0) is 13.3. The Morgan fingerprint density at radius 1 is 1.50 bits per heavy atom. The molecule has 1 aliphatic rings. The number of non-ortho nitro benzene ring substituents is 1. The lowest BCUT2D eigenvalue weighted by Crippen LogP contribution is -2.25. The van der Waals surface area contributed by atoms with Crippen molar-refractivity contribution in [1.82, 2.24) is 0 Å². The van der Waals surface area contributed by atoms with Crippen LogP contribution in [-0.4, -0.2) is 29.1 Å². The highest BCUT2D eigenvalue weighted by atomic mass is 16.6. The van der Waals surface area contributed by atoms with Gasteiger partial charge in [0.25, 0.3) is 5.69 Å². The third-order valence-electron chi connectivity index (χ3n) is 3.03.